The van der Waals surface area contributed by atoms with Gasteiger partial charge in [-0.2, -0.15) is 4.98 Å². The van der Waals surface area contributed by atoms with E-state index in [4.69, 9.17) is 21.1 Å². The number of carboxylic acids is 1. The van der Waals surface area contributed by atoms with E-state index in [-0.39, 0.29) is 31.1 Å². The second kappa shape index (κ2) is 11.0. The van der Waals surface area contributed by atoms with Crippen molar-refractivity contribution in [3.63, 3.8) is 0 Å². The first-order valence-electron chi connectivity index (χ1n) is 8.47. The van der Waals surface area contributed by atoms with Crippen molar-refractivity contribution in [2.24, 2.45) is 11.5 Å². The number of nitrogens with zero attached hydrogens (tertiary/aromatic N) is 2. The predicted octanol–water partition coefficient (Wildman–Crippen LogP) is 0.168. The minimum atomic E-state index is -1.09. The first-order valence-corrected chi connectivity index (χ1v) is 8.47. The van der Waals surface area contributed by atoms with Gasteiger partial charge in [0.05, 0.1) is 12.6 Å². The summed E-state index contributed by atoms with van der Waals surface area (Å²) in [6.45, 7) is 1.93. The van der Waals surface area contributed by atoms with Gasteiger partial charge in [0.2, 0.25) is 11.8 Å². The number of nitrogens with one attached hydrogen (secondary N) is 2. The van der Waals surface area contributed by atoms with Crippen molar-refractivity contribution >= 4 is 17.9 Å². The van der Waals surface area contributed by atoms with Crippen molar-refractivity contribution in [3.8, 4) is 0 Å². The van der Waals surface area contributed by atoms with Gasteiger partial charge < -0.3 is 31.7 Å². The molecule has 2 atom stereocenters. The largest absolute Gasteiger partial charge is 0.480 e. The van der Waals surface area contributed by atoms with Crippen molar-refractivity contribution in [2.75, 3.05) is 0 Å². The minimum Gasteiger partial charge on any atom is -0.480 e. The quantitative estimate of drug-likeness (QED) is 0.322. The minimum absolute atomic E-state index is 0.0807. The average Bonchev–Trinajstić information content (AvgIpc) is 3.06. The van der Waals surface area contributed by atoms with Crippen LogP contribution in [-0.2, 0) is 16.1 Å². The third-order valence-corrected chi connectivity index (χ3v) is 3.62. The lowest BCUT2D eigenvalue weighted by molar-refractivity contribution is -0.139. The number of hydrogen-bond donors (Lipinski definition) is 5. The molecule has 0 aliphatic carbocycles. The van der Waals surface area contributed by atoms with E-state index in [1.807, 2.05) is 6.92 Å². The Kier molecular flexibility index (Phi) is 9.06. The number of aromatic nitrogens is 2. The zero-order valence-corrected chi connectivity index (χ0v) is 14.7. The Balaban J connectivity index is 2.44. The monoisotopic (exact) mass is 370 g/mol. The number of amides is 3. The van der Waals surface area contributed by atoms with E-state index in [0.717, 1.165) is 12.8 Å². The van der Waals surface area contributed by atoms with Gasteiger partial charge in [0.15, 0.2) is 5.82 Å². The number of hydrogen-bond acceptors (Lipinski definition) is 7. The molecular formula is C15H26N6O5. The second-order valence-electron chi connectivity index (χ2n) is 5.87. The molecule has 1 aromatic heterocycles. The molecule has 1 aromatic rings. The number of urea groups is 1. The molecule has 3 amide bonds. The Bertz CT molecular complexity index is 605. The van der Waals surface area contributed by atoms with Gasteiger partial charge in [-0.05, 0) is 12.8 Å². The van der Waals surface area contributed by atoms with Gasteiger partial charge in [0.1, 0.15) is 6.04 Å². The maximum atomic E-state index is 11.8. The van der Waals surface area contributed by atoms with Crippen LogP contribution in [0.3, 0.4) is 0 Å². The number of unbranched alkanes of at least 4 members (excludes halogenated alkanes) is 2. The Morgan fingerprint density at radius 3 is 2.62 bits per heavy atom. The maximum absolute atomic E-state index is 11.8. The van der Waals surface area contributed by atoms with Crippen LogP contribution in [0.1, 0.15) is 63.2 Å². The van der Waals surface area contributed by atoms with Crippen molar-refractivity contribution in [3.05, 3.63) is 11.7 Å². The van der Waals surface area contributed by atoms with Gasteiger partial charge >= 0.3 is 12.0 Å². The molecule has 11 nitrogen and oxygen atoms in total. The highest BCUT2D eigenvalue weighted by Crippen LogP contribution is 2.12. The molecule has 1 heterocycles. The van der Waals surface area contributed by atoms with Crippen LogP contribution >= 0.6 is 0 Å². The van der Waals surface area contributed by atoms with E-state index in [1.54, 1.807) is 0 Å². The van der Waals surface area contributed by atoms with E-state index >= 15 is 0 Å². The number of carboxylic acid groups (broad SMARTS) is 1. The number of carbonyl (C=O) groups is 3. The molecule has 11 heteroatoms. The molecule has 0 aliphatic heterocycles. The number of aliphatic carboxylic acids is 1. The molecule has 0 spiro atoms. The summed E-state index contributed by atoms with van der Waals surface area (Å²) in [7, 11) is 0. The highest BCUT2D eigenvalue weighted by molar-refractivity contribution is 5.82. The lowest BCUT2D eigenvalue weighted by atomic mass is 10.1. The van der Waals surface area contributed by atoms with Crippen LogP contribution in [0.15, 0.2) is 4.52 Å². The Morgan fingerprint density at radius 1 is 1.27 bits per heavy atom. The summed E-state index contributed by atoms with van der Waals surface area (Å²) >= 11 is 0. The van der Waals surface area contributed by atoms with Crippen LogP contribution in [0.5, 0.6) is 0 Å². The molecule has 0 fully saturated rings. The van der Waals surface area contributed by atoms with Crippen LogP contribution in [0.4, 0.5) is 4.79 Å². The molecule has 1 rings (SSSR count). The zero-order valence-electron chi connectivity index (χ0n) is 14.7. The standard InChI is InChI=1S/C15H26N6O5/c1-2-3-4-5-10(14(23)24)19-15(25)18-8-12-20-13(21-26-12)9(16)6-7-11(17)22/h9-10H,2-8,16H2,1H3,(H2,17,22)(H,23,24)(H2,18,19,25)/t9-,10-/m0/s1. The topological polar surface area (TPSA) is 186 Å². The average molecular weight is 370 g/mol. The zero-order chi connectivity index (χ0) is 19.5. The summed E-state index contributed by atoms with van der Waals surface area (Å²) in [6, 6.07) is -2.21. The molecule has 0 bridgehead atoms. The summed E-state index contributed by atoms with van der Waals surface area (Å²) in [5.41, 5.74) is 10.9. The lowest BCUT2D eigenvalue weighted by Gasteiger charge is -2.14. The summed E-state index contributed by atoms with van der Waals surface area (Å²) in [5, 5.41) is 17.7. The summed E-state index contributed by atoms with van der Waals surface area (Å²) in [4.78, 5) is 37.8. The second-order valence-corrected chi connectivity index (χ2v) is 5.87. The number of carbonyl (C=O) groups excluding carboxylic acids is 2. The fraction of sp³-hybridized carbons (Fsp3) is 0.667. The van der Waals surface area contributed by atoms with Gasteiger partial charge in [-0.1, -0.05) is 31.3 Å². The Labute approximate surface area is 150 Å². The smallest absolute Gasteiger partial charge is 0.326 e. The van der Waals surface area contributed by atoms with Crippen molar-refractivity contribution in [1.82, 2.24) is 20.8 Å². The highest BCUT2D eigenvalue weighted by atomic mass is 16.5. The van der Waals surface area contributed by atoms with E-state index in [9.17, 15) is 14.4 Å². The van der Waals surface area contributed by atoms with E-state index in [2.05, 4.69) is 20.8 Å². The number of rotatable bonds is 12. The molecule has 0 unspecified atom stereocenters. The number of nitrogens with two attached hydrogens (primary N) is 2. The first kappa shape index (κ1) is 21.4. The van der Waals surface area contributed by atoms with Crippen LogP contribution in [0, 0.1) is 0 Å². The third kappa shape index (κ3) is 7.92. The highest BCUT2D eigenvalue weighted by Gasteiger charge is 2.20. The molecular weight excluding hydrogens is 344 g/mol. The van der Waals surface area contributed by atoms with E-state index in [1.165, 1.54) is 0 Å². The lowest BCUT2D eigenvalue weighted by Crippen LogP contribution is -2.45. The molecule has 0 saturated heterocycles. The molecule has 146 valence electrons. The van der Waals surface area contributed by atoms with Gasteiger partial charge in [-0.25, -0.2) is 9.59 Å². The molecule has 0 saturated carbocycles. The first-order chi connectivity index (χ1) is 12.3. The van der Waals surface area contributed by atoms with Crippen LogP contribution in [-0.4, -0.2) is 39.2 Å². The van der Waals surface area contributed by atoms with Crippen molar-refractivity contribution < 1.29 is 24.0 Å². The van der Waals surface area contributed by atoms with Gasteiger partial charge in [0.25, 0.3) is 0 Å². The van der Waals surface area contributed by atoms with E-state index in [0.29, 0.717) is 12.8 Å². The third-order valence-electron chi connectivity index (χ3n) is 3.62. The van der Waals surface area contributed by atoms with Crippen LogP contribution in [0.2, 0.25) is 0 Å². The SMILES string of the molecule is CCCCC[C@H](NC(=O)NCc1nc([C@@H](N)CCC(N)=O)no1)C(=O)O. The normalized spacial score (nSPS) is 13.0. The Hall–Kier alpha value is -2.69. The summed E-state index contributed by atoms with van der Waals surface area (Å²) in [6.07, 6.45) is 3.30. The van der Waals surface area contributed by atoms with Crippen LogP contribution in [0.25, 0.3) is 0 Å². The van der Waals surface area contributed by atoms with Gasteiger partial charge in [0, 0.05) is 6.42 Å². The maximum Gasteiger partial charge on any atom is 0.326 e. The summed E-state index contributed by atoms with van der Waals surface area (Å²) < 4.78 is 4.96. The van der Waals surface area contributed by atoms with Crippen molar-refractivity contribution in [2.45, 2.75) is 64.1 Å². The fourth-order valence-electron chi connectivity index (χ4n) is 2.14. The summed E-state index contributed by atoms with van der Waals surface area (Å²) in [5.74, 6) is -1.25. The Morgan fingerprint density at radius 2 is 2.00 bits per heavy atom. The fourth-order valence-corrected chi connectivity index (χ4v) is 2.14. The molecule has 26 heavy (non-hydrogen) atoms. The number of primary amides is 1. The molecule has 0 radical (unpaired) electrons. The van der Waals surface area contributed by atoms with Gasteiger partial charge in [-0.15, -0.1) is 0 Å². The van der Waals surface area contributed by atoms with Gasteiger partial charge in [-0.3, -0.25) is 4.79 Å². The van der Waals surface area contributed by atoms with Crippen molar-refractivity contribution in [1.29, 1.82) is 0 Å². The molecule has 0 aliphatic rings. The predicted molar refractivity (Wildman–Crippen MR) is 90.6 cm³/mol. The molecule has 0 aromatic carbocycles. The van der Waals surface area contributed by atoms with E-state index < -0.39 is 30.0 Å². The molecule has 7 N–H and O–H groups in total. The van der Waals surface area contributed by atoms with Crippen LogP contribution < -0.4 is 22.1 Å².